The first-order valence-electron chi connectivity index (χ1n) is 7.37. The molecule has 0 N–H and O–H groups in total. The van der Waals surface area contributed by atoms with Crippen LogP contribution in [-0.4, -0.2) is 17.3 Å². The fraction of sp³-hybridized carbons (Fsp3) is 0.222. The van der Waals surface area contributed by atoms with Gasteiger partial charge in [-0.25, -0.2) is 0 Å². The van der Waals surface area contributed by atoms with Crippen LogP contribution in [0.3, 0.4) is 0 Å². The number of aromatic nitrogens is 2. The molecular weight excluding hydrogens is 292 g/mol. The second-order valence-corrected chi connectivity index (χ2v) is 5.26. The third-order valence-electron chi connectivity index (χ3n) is 3.44. The van der Waals surface area contributed by atoms with Crippen molar-refractivity contribution >= 4 is 0 Å². The topological polar surface area (TPSA) is 57.4 Å². The van der Waals surface area contributed by atoms with Gasteiger partial charge in [0.1, 0.15) is 11.5 Å². The summed E-state index contributed by atoms with van der Waals surface area (Å²) in [4.78, 5) is 4.41. The summed E-state index contributed by atoms with van der Waals surface area (Å²) in [6.45, 7) is 3.90. The molecule has 0 saturated heterocycles. The number of nitrogens with zero attached hydrogens (tertiary/aromatic N) is 2. The number of ether oxygens (including phenoxy) is 2. The van der Waals surface area contributed by atoms with Crippen molar-refractivity contribution in [3.05, 3.63) is 60.0 Å². The van der Waals surface area contributed by atoms with Crippen LogP contribution in [0.2, 0.25) is 0 Å². The molecule has 0 saturated carbocycles. The van der Waals surface area contributed by atoms with Crippen LogP contribution >= 0.6 is 0 Å². The fourth-order valence-corrected chi connectivity index (χ4v) is 2.20. The van der Waals surface area contributed by atoms with Crippen molar-refractivity contribution in [2.24, 2.45) is 0 Å². The summed E-state index contributed by atoms with van der Waals surface area (Å²) in [6, 6.07) is 15.3. The summed E-state index contributed by atoms with van der Waals surface area (Å²) < 4.78 is 16.3. The Morgan fingerprint density at radius 3 is 2.52 bits per heavy atom. The number of hydrogen-bond donors (Lipinski definition) is 0. The summed E-state index contributed by atoms with van der Waals surface area (Å²) >= 11 is 0. The second kappa shape index (κ2) is 6.52. The maximum Gasteiger partial charge on any atom is 0.267 e. The molecule has 1 atom stereocenters. The Morgan fingerprint density at radius 2 is 1.83 bits per heavy atom. The Kier molecular flexibility index (Phi) is 4.28. The third kappa shape index (κ3) is 3.51. The summed E-state index contributed by atoms with van der Waals surface area (Å²) in [5, 5.41) is 4.02. The molecular formula is C18H18N2O3. The minimum absolute atomic E-state index is 0.323. The maximum atomic E-state index is 5.85. The Hall–Kier alpha value is -2.82. The number of hydrogen-bond acceptors (Lipinski definition) is 5. The van der Waals surface area contributed by atoms with Gasteiger partial charge in [0.25, 0.3) is 5.89 Å². The molecule has 0 spiro atoms. The van der Waals surface area contributed by atoms with Crippen LogP contribution in [0.15, 0.2) is 53.1 Å². The molecule has 1 heterocycles. The maximum absolute atomic E-state index is 5.85. The van der Waals surface area contributed by atoms with E-state index in [1.165, 1.54) is 0 Å². The molecule has 3 rings (SSSR count). The lowest BCUT2D eigenvalue weighted by molar-refractivity contribution is 0.175. The molecule has 0 aliphatic carbocycles. The van der Waals surface area contributed by atoms with Gasteiger partial charge in [0.15, 0.2) is 6.10 Å². The SMILES string of the molecule is COc1ccc(-c2noc(C(C)Oc3cccc(C)c3)n2)cc1. The normalized spacial score (nSPS) is 12.0. The first kappa shape index (κ1) is 15.1. The van der Waals surface area contributed by atoms with E-state index < -0.39 is 0 Å². The van der Waals surface area contributed by atoms with E-state index in [0.29, 0.717) is 11.7 Å². The third-order valence-corrected chi connectivity index (χ3v) is 3.44. The fourth-order valence-electron chi connectivity index (χ4n) is 2.20. The molecule has 2 aromatic carbocycles. The van der Waals surface area contributed by atoms with Crippen molar-refractivity contribution in [2.75, 3.05) is 7.11 Å². The quantitative estimate of drug-likeness (QED) is 0.707. The summed E-state index contributed by atoms with van der Waals surface area (Å²) in [6.07, 6.45) is -0.323. The van der Waals surface area contributed by atoms with Crippen LogP contribution in [0, 0.1) is 6.92 Å². The van der Waals surface area contributed by atoms with Gasteiger partial charge in [-0.3, -0.25) is 0 Å². The van der Waals surface area contributed by atoms with E-state index in [2.05, 4.69) is 10.1 Å². The van der Waals surface area contributed by atoms with Gasteiger partial charge in [-0.05, 0) is 55.8 Å². The molecule has 5 heteroatoms. The van der Waals surface area contributed by atoms with Crippen molar-refractivity contribution in [3.63, 3.8) is 0 Å². The Morgan fingerprint density at radius 1 is 1.04 bits per heavy atom. The van der Waals surface area contributed by atoms with Crippen LogP contribution < -0.4 is 9.47 Å². The van der Waals surface area contributed by atoms with Gasteiger partial charge < -0.3 is 14.0 Å². The summed E-state index contributed by atoms with van der Waals surface area (Å²) in [5.74, 6) is 2.54. The van der Waals surface area contributed by atoms with Gasteiger partial charge in [0.2, 0.25) is 5.82 Å². The van der Waals surface area contributed by atoms with E-state index in [0.717, 1.165) is 22.6 Å². The average molecular weight is 310 g/mol. The van der Waals surface area contributed by atoms with Crippen LogP contribution in [0.5, 0.6) is 11.5 Å². The minimum Gasteiger partial charge on any atom is -0.497 e. The van der Waals surface area contributed by atoms with Gasteiger partial charge in [-0.1, -0.05) is 17.3 Å². The van der Waals surface area contributed by atoms with Crippen molar-refractivity contribution in [1.29, 1.82) is 0 Å². The zero-order valence-corrected chi connectivity index (χ0v) is 13.3. The highest BCUT2D eigenvalue weighted by molar-refractivity contribution is 5.55. The number of aryl methyl sites for hydroxylation is 1. The van der Waals surface area contributed by atoms with Crippen LogP contribution in [0.25, 0.3) is 11.4 Å². The van der Waals surface area contributed by atoms with Gasteiger partial charge >= 0.3 is 0 Å². The molecule has 118 valence electrons. The molecule has 3 aromatic rings. The van der Waals surface area contributed by atoms with Gasteiger partial charge in [-0.2, -0.15) is 4.98 Å². The summed E-state index contributed by atoms with van der Waals surface area (Å²) in [5.41, 5.74) is 2.00. The monoisotopic (exact) mass is 310 g/mol. The molecule has 5 nitrogen and oxygen atoms in total. The molecule has 0 radical (unpaired) electrons. The number of rotatable bonds is 5. The molecule has 1 unspecified atom stereocenters. The van der Waals surface area contributed by atoms with Crippen molar-refractivity contribution in [2.45, 2.75) is 20.0 Å². The molecule has 0 bridgehead atoms. The average Bonchev–Trinajstić information content (AvgIpc) is 3.05. The van der Waals surface area contributed by atoms with E-state index in [4.69, 9.17) is 14.0 Å². The van der Waals surface area contributed by atoms with Crippen LogP contribution in [-0.2, 0) is 0 Å². The lowest BCUT2D eigenvalue weighted by Crippen LogP contribution is -2.03. The highest BCUT2D eigenvalue weighted by atomic mass is 16.5. The minimum atomic E-state index is -0.323. The smallest absolute Gasteiger partial charge is 0.267 e. The zero-order chi connectivity index (χ0) is 16.2. The van der Waals surface area contributed by atoms with Gasteiger partial charge in [-0.15, -0.1) is 0 Å². The lowest BCUT2D eigenvalue weighted by atomic mass is 10.2. The Balaban J connectivity index is 1.75. The summed E-state index contributed by atoms with van der Waals surface area (Å²) in [7, 11) is 1.63. The van der Waals surface area contributed by atoms with Gasteiger partial charge in [0.05, 0.1) is 7.11 Å². The zero-order valence-electron chi connectivity index (χ0n) is 13.3. The highest BCUT2D eigenvalue weighted by Crippen LogP contribution is 2.24. The standard InChI is InChI=1S/C18H18N2O3/c1-12-5-4-6-16(11-12)22-13(2)18-19-17(20-23-18)14-7-9-15(21-3)10-8-14/h4-11,13H,1-3H3. The van der Waals surface area contributed by atoms with E-state index in [9.17, 15) is 0 Å². The molecule has 0 aliphatic rings. The second-order valence-electron chi connectivity index (χ2n) is 5.26. The first-order valence-corrected chi connectivity index (χ1v) is 7.37. The van der Waals surface area contributed by atoms with Crippen LogP contribution in [0.4, 0.5) is 0 Å². The van der Waals surface area contributed by atoms with E-state index in [1.807, 2.05) is 62.4 Å². The highest BCUT2D eigenvalue weighted by Gasteiger charge is 2.17. The number of methoxy groups -OCH3 is 1. The molecule has 0 amide bonds. The van der Waals surface area contributed by atoms with E-state index in [-0.39, 0.29) is 6.10 Å². The largest absolute Gasteiger partial charge is 0.497 e. The first-order chi connectivity index (χ1) is 11.2. The molecule has 23 heavy (non-hydrogen) atoms. The van der Waals surface area contributed by atoms with Crippen molar-refractivity contribution in [1.82, 2.24) is 10.1 Å². The predicted molar refractivity (Wildman–Crippen MR) is 86.5 cm³/mol. The van der Waals surface area contributed by atoms with Crippen molar-refractivity contribution < 1.29 is 14.0 Å². The lowest BCUT2D eigenvalue weighted by Gasteiger charge is -2.10. The molecule has 0 fully saturated rings. The van der Waals surface area contributed by atoms with Crippen LogP contribution in [0.1, 0.15) is 24.5 Å². The molecule has 1 aromatic heterocycles. The molecule has 0 aliphatic heterocycles. The Labute approximate surface area is 134 Å². The van der Waals surface area contributed by atoms with Crippen molar-refractivity contribution in [3.8, 4) is 22.9 Å². The number of benzene rings is 2. The van der Waals surface area contributed by atoms with Gasteiger partial charge in [0, 0.05) is 5.56 Å². The Bertz CT molecular complexity index is 781. The predicted octanol–water partition coefficient (Wildman–Crippen LogP) is 4.19. The van der Waals surface area contributed by atoms with E-state index >= 15 is 0 Å². The van der Waals surface area contributed by atoms with E-state index in [1.54, 1.807) is 7.11 Å².